The molecule has 2 aromatic carbocycles. The van der Waals surface area contributed by atoms with Gasteiger partial charge in [-0.25, -0.2) is 0 Å². The number of benzene rings is 2. The third kappa shape index (κ3) is 4.44. The van der Waals surface area contributed by atoms with E-state index in [1.165, 1.54) is 0 Å². The maximum absolute atomic E-state index is 12.6. The van der Waals surface area contributed by atoms with E-state index in [1.54, 1.807) is 43.5 Å². The normalized spacial score (nSPS) is 16.5. The number of anilines is 1. The van der Waals surface area contributed by atoms with Crippen LogP contribution in [0.3, 0.4) is 0 Å². The molecule has 1 fully saturated rings. The highest BCUT2D eigenvalue weighted by Gasteiger charge is 2.18. The molecular weight excluding hydrogens is 342 g/mol. The first-order chi connectivity index (χ1) is 12.2. The number of ether oxygens (including phenoxy) is 3. The van der Waals surface area contributed by atoms with Crippen LogP contribution in [0.15, 0.2) is 42.5 Å². The largest absolute Gasteiger partial charge is 0.495 e. The summed E-state index contributed by atoms with van der Waals surface area (Å²) in [7, 11) is 1.54. The second kappa shape index (κ2) is 8.23. The second-order valence-corrected chi connectivity index (χ2v) is 6.15. The topological polar surface area (TPSA) is 56.8 Å². The lowest BCUT2D eigenvalue weighted by molar-refractivity contribution is 0.0673. The van der Waals surface area contributed by atoms with Crippen LogP contribution in [-0.4, -0.2) is 32.3 Å². The van der Waals surface area contributed by atoms with E-state index < -0.39 is 0 Å². The molecule has 6 heteroatoms. The Hall–Kier alpha value is -2.24. The number of hydrogen-bond donors (Lipinski definition) is 1. The minimum absolute atomic E-state index is 0.0940. The predicted octanol–water partition coefficient (Wildman–Crippen LogP) is 4.16. The fourth-order valence-corrected chi connectivity index (χ4v) is 2.94. The molecule has 0 aromatic heterocycles. The van der Waals surface area contributed by atoms with Crippen LogP contribution in [0.25, 0.3) is 0 Å². The van der Waals surface area contributed by atoms with Crippen molar-refractivity contribution in [2.45, 2.75) is 18.9 Å². The molecule has 3 rings (SSSR count). The lowest BCUT2D eigenvalue weighted by Gasteiger charge is -2.15. The van der Waals surface area contributed by atoms with Crippen molar-refractivity contribution in [2.24, 2.45) is 0 Å². The van der Waals surface area contributed by atoms with Gasteiger partial charge in [-0.15, -0.1) is 0 Å². The maximum atomic E-state index is 12.6. The summed E-state index contributed by atoms with van der Waals surface area (Å²) in [5.41, 5.74) is 1.05. The molecule has 1 N–H and O–H groups in total. The van der Waals surface area contributed by atoms with Crippen molar-refractivity contribution in [3.63, 3.8) is 0 Å². The summed E-state index contributed by atoms with van der Waals surface area (Å²) in [4.78, 5) is 12.6. The van der Waals surface area contributed by atoms with Crippen molar-refractivity contribution >= 4 is 23.2 Å². The lowest BCUT2D eigenvalue weighted by atomic mass is 10.1. The summed E-state index contributed by atoms with van der Waals surface area (Å²) >= 11 is 6.10. The molecule has 1 aliphatic rings. The van der Waals surface area contributed by atoms with E-state index >= 15 is 0 Å². The van der Waals surface area contributed by atoms with Gasteiger partial charge in [-0.2, -0.15) is 0 Å². The molecule has 0 bridgehead atoms. The lowest BCUT2D eigenvalue weighted by Crippen LogP contribution is -2.19. The Kier molecular flexibility index (Phi) is 5.79. The van der Waals surface area contributed by atoms with Gasteiger partial charge in [0.25, 0.3) is 5.91 Å². The van der Waals surface area contributed by atoms with Gasteiger partial charge in [0.1, 0.15) is 18.1 Å². The number of halogens is 1. The Morgan fingerprint density at radius 2 is 2.12 bits per heavy atom. The standard InChI is InChI=1S/C19H20ClNO4/c1-23-18-9-8-13(11-16(18)20)21-19(22)15-6-2-3-7-17(15)25-12-14-5-4-10-24-14/h2-3,6-9,11,14H,4-5,10,12H2,1H3,(H,21,22)/t14-/m0/s1. The quantitative estimate of drug-likeness (QED) is 0.839. The molecular formula is C19H20ClNO4. The van der Waals surface area contributed by atoms with E-state index in [9.17, 15) is 4.79 Å². The van der Waals surface area contributed by atoms with Crippen molar-refractivity contribution in [2.75, 3.05) is 25.6 Å². The first kappa shape index (κ1) is 17.6. The Balaban J connectivity index is 1.70. The number of carbonyl (C=O) groups is 1. The van der Waals surface area contributed by atoms with Crippen molar-refractivity contribution in [1.82, 2.24) is 0 Å². The summed E-state index contributed by atoms with van der Waals surface area (Å²) in [5, 5.41) is 3.26. The first-order valence-corrected chi connectivity index (χ1v) is 8.53. The van der Waals surface area contributed by atoms with E-state index in [-0.39, 0.29) is 12.0 Å². The Bertz CT molecular complexity index is 744. The number of rotatable bonds is 6. The van der Waals surface area contributed by atoms with Gasteiger partial charge < -0.3 is 19.5 Å². The number of para-hydroxylation sites is 1. The smallest absolute Gasteiger partial charge is 0.259 e. The third-order valence-electron chi connectivity index (χ3n) is 3.99. The van der Waals surface area contributed by atoms with Crippen LogP contribution in [0.2, 0.25) is 5.02 Å². The average Bonchev–Trinajstić information content (AvgIpc) is 3.14. The van der Waals surface area contributed by atoms with E-state index in [4.69, 9.17) is 25.8 Å². The monoisotopic (exact) mass is 361 g/mol. The first-order valence-electron chi connectivity index (χ1n) is 8.15. The zero-order valence-electron chi connectivity index (χ0n) is 14.0. The number of hydrogen-bond acceptors (Lipinski definition) is 4. The van der Waals surface area contributed by atoms with Crippen molar-refractivity contribution in [1.29, 1.82) is 0 Å². The van der Waals surface area contributed by atoms with Gasteiger partial charge in [0.15, 0.2) is 0 Å². The molecule has 0 radical (unpaired) electrons. The van der Waals surface area contributed by atoms with Crippen LogP contribution in [0.1, 0.15) is 23.2 Å². The molecule has 132 valence electrons. The van der Waals surface area contributed by atoms with Gasteiger partial charge in [0, 0.05) is 12.3 Å². The Labute approximate surface area is 151 Å². The number of amides is 1. The summed E-state index contributed by atoms with van der Waals surface area (Å²) in [6.07, 6.45) is 2.13. The van der Waals surface area contributed by atoms with Gasteiger partial charge in [0.05, 0.1) is 23.8 Å². The summed E-state index contributed by atoms with van der Waals surface area (Å²) < 4.78 is 16.5. The zero-order valence-corrected chi connectivity index (χ0v) is 14.7. The molecule has 0 unspecified atom stereocenters. The molecule has 5 nitrogen and oxygen atoms in total. The summed E-state index contributed by atoms with van der Waals surface area (Å²) in [5.74, 6) is 0.833. The van der Waals surface area contributed by atoms with Gasteiger partial charge in [-0.05, 0) is 43.2 Å². The summed E-state index contributed by atoms with van der Waals surface area (Å²) in [6.45, 7) is 1.22. The Morgan fingerprint density at radius 1 is 1.28 bits per heavy atom. The second-order valence-electron chi connectivity index (χ2n) is 5.75. The van der Waals surface area contributed by atoms with Crippen LogP contribution in [0.5, 0.6) is 11.5 Å². The fraction of sp³-hybridized carbons (Fsp3) is 0.316. The van der Waals surface area contributed by atoms with Crippen LogP contribution < -0.4 is 14.8 Å². The van der Waals surface area contributed by atoms with Crippen molar-refractivity contribution < 1.29 is 19.0 Å². The predicted molar refractivity (Wildman–Crippen MR) is 96.9 cm³/mol. The molecule has 0 aliphatic carbocycles. The highest BCUT2D eigenvalue weighted by atomic mass is 35.5. The van der Waals surface area contributed by atoms with Crippen molar-refractivity contribution in [3.8, 4) is 11.5 Å². The van der Waals surface area contributed by atoms with E-state index in [0.717, 1.165) is 19.4 Å². The molecule has 0 saturated carbocycles. The molecule has 1 amide bonds. The minimum atomic E-state index is -0.260. The van der Waals surface area contributed by atoms with Gasteiger partial charge >= 0.3 is 0 Å². The number of nitrogens with one attached hydrogen (secondary N) is 1. The number of methoxy groups -OCH3 is 1. The molecule has 25 heavy (non-hydrogen) atoms. The molecule has 2 aromatic rings. The fourth-order valence-electron chi connectivity index (χ4n) is 2.68. The van der Waals surface area contributed by atoms with Crippen LogP contribution in [-0.2, 0) is 4.74 Å². The highest BCUT2D eigenvalue weighted by molar-refractivity contribution is 6.32. The zero-order chi connectivity index (χ0) is 17.6. The maximum Gasteiger partial charge on any atom is 0.259 e. The minimum Gasteiger partial charge on any atom is -0.495 e. The SMILES string of the molecule is COc1ccc(NC(=O)c2ccccc2OC[C@@H]2CCCO2)cc1Cl. The summed E-state index contributed by atoms with van der Waals surface area (Å²) in [6, 6.07) is 12.2. The Morgan fingerprint density at radius 3 is 2.84 bits per heavy atom. The van der Waals surface area contributed by atoms with Crippen LogP contribution >= 0.6 is 11.6 Å². The van der Waals surface area contributed by atoms with Gasteiger partial charge in [-0.3, -0.25) is 4.79 Å². The van der Waals surface area contributed by atoms with Crippen molar-refractivity contribution in [3.05, 3.63) is 53.1 Å². The van der Waals surface area contributed by atoms with E-state index in [2.05, 4.69) is 5.32 Å². The van der Waals surface area contributed by atoms with E-state index in [0.29, 0.717) is 34.4 Å². The molecule has 0 spiro atoms. The molecule has 1 aliphatic heterocycles. The van der Waals surface area contributed by atoms with Crippen LogP contribution in [0, 0.1) is 0 Å². The van der Waals surface area contributed by atoms with Crippen LogP contribution in [0.4, 0.5) is 5.69 Å². The molecule has 1 atom stereocenters. The van der Waals surface area contributed by atoms with Gasteiger partial charge in [-0.1, -0.05) is 23.7 Å². The molecule has 1 heterocycles. The molecule has 1 saturated heterocycles. The number of carbonyl (C=O) groups excluding carboxylic acids is 1. The average molecular weight is 362 g/mol. The van der Waals surface area contributed by atoms with E-state index in [1.807, 2.05) is 6.07 Å². The van der Waals surface area contributed by atoms with Gasteiger partial charge in [0.2, 0.25) is 0 Å². The highest BCUT2D eigenvalue weighted by Crippen LogP contribution is 2.28. The third-order valence-corrected chi connectivity index (χ3v) is 4.29.